The number of benzene rings is 2. The molecule has 0 aliphatic carbocycles. The van der Waals surface area contributed by atoms with E-state index in [4.69, 9.17) is 16.7 Å². The lowest BCUT2D eigenvalue weighted by molar-refractivity contribution is 0.0955. The van der Waals surface area contributed by atoms with Crippen LogP contribution in [0.4, 0.5) is 0 Å². The molecule has 0 aliphatic heterocycles. The van der Waals surface area contributed by atoms with Gasteiger partial charge in [-0.05, 0) is 35.9 Å². The fraction of sp³-hybridized carbons (Fsp3) is 0.111. The Morgan fingerprint density at radius 3 is 2.88 bits per heavy atom. The van der Waals surface area contributed by atoms with E-state index >= 15 is 0 Å². The van der Waals surface area contributed by atoms with Crippen LogP contribution in [0, 0.1) is 11.8 Å². The number of halogens is 1. The van der Waals surface area contributed by atoms with Gasteiger partial charge in [-0.2, -0.15) is 5.10 Å². The van der Waals surface area contributed by atoms with Crippen LogP contribution < -0.4 is 5.43 Å². The molecule has 2 aromatic rings. The Labute approximate surface area is 144 Å². The minimum Gasteiger partial charge on any atom is -0.506 e. The zero-order valence-electron chi connectivity index (χ0n) is 12.7. The van der Waals surface area contributed by atoms with Crippen LogP contribution in [0.3, 0.4) is 0 Å². The first-order valence-corrected chi connectivity index (χ1v) is 7.49. The zero-order valence-corrected chi connectivity index (χ0v) is 13.4. The lowest BCUT2D eigenvalue weighted by atomic mass is 10.1. The normalized spacial score (nSPS) is 10.2. The van der Waals surface area contributed by atoms with E-state index in [0.29, 0.717) is 12.0 Å². The molecule has 0 bridgehead atoms. The van der Waals surface area contributed by atoms with Crippen molar-refractivity contribution in [1.82, 2.24) is 5.43 Å². The van der Waals surface area contributed by atoms with Crippen molar-refractivity contribution in [2.45, 2.75) is 6.42 Å². The molecule has 0 aliphatic rings. The second kappa shape index (κ2) is 8.73. The number of rotatable bonds is 4. The second-order valence-electron chi connectivity index (χ2n) is 4.77. The van der Waals surface area contributed by atoms with Crippen LogP contribution >= 0.6 is 11.6 Å². The Hall–Kier alpha value is -2.81. The molecule has 24 heavy (non-hydrogen) atoms. The van der Waals surface area contributed by atoms with Gasteiger partial charge in [-0.3, -0.25) is 4.79 Å². The summed E-state index contributed by atoms with van der Waals surface area (Å²) in [7, 11) is 0. The Bertz CT molecular complexity index is 822. The smallest absolute Gasteiger partial charge is 0.271 e. The number of carbonyl (C=O) groups excluding carboxylic acids is 1. The summed E-state index contributed by atoms with van der Waals surface area (Å²) in [6.45, 7) is 0.0292. The van der Waals surface area contributed by atoms with Gasteiger partial charge in [-0.15, -0.1) is 0 Å². The van der Waals surface area contributed by atoms with Crippen molar-refractivity contribution in [2.24, 2.45) is 5.10 Å². The summed E-state index contributed by atoms with van der Waals surface area (Å²) >= 11 is 5.76. The monoisotopic (exact) mass is 342 g/mol. The molecule has 0 heterocycles. The minimum absolute atomic E-state index is 0.0292. The first kappa shape index (κ1) is 17.5. The van der Waals surface area contributed by atoms with Gasteiger partial charge in [0.2, 0.25) is 0 Å². The van der Waals surface area contributed by atoms with Gasteiger partial charge in [0.1, 0.15) is 5.75 Å². The maximum Gasteiger partial charge on any atom is 0.271 e. The lowest BCUT2D eigenvalue weighted by Crippen LogP contribution is -2.17. The number of hydrazone groups is 1. The Kier molecular flexibility index (Phi) is 6.38. The topological polar surface area (TPSA) is 81.9 Å². The number of amides is 1. The van der Waals surface area contributed by atoms with Crippen molar-refractivity contribution in [1.29, 1.82) is 0 Å². The molecule has 0 radical (unpaired) electrons. The summed E-state index contributed by atoms with van der Waals surface area (Å²) in [5, 5.41) is 22.0. The van der Waals surface area contributed by atoms with Gasteiger partial charge in [-0.1, -0.05) is 35.6 Å². The van der Waals surface area contributed by atoms with Crippen LogP contribution in [-0.2, 0) is 0 Å². The van der Waals surface area contributed by atoms with Crippen molar-refractivity contribution in [3.05, 3.63) is 64.2 Å². The second-order valence-corrected chi connectivity index (χ2v) is 5.17. The quantitative estimate of drug-likeness (QED) is 0.453. The van der Waals surface area contributed by atoms with E-state index < -0.39 is 5.91 Å². The van der Waals surface area contributed by atoms with Crippen molar-refractivity contribution >= 4 is 23.7 Å². The van der Waals surface area contributed by atoms with Gasteiger partial charge in [0, 0.05) is 17.5 Å². The number of nitrogens with one attached hydrogen (secondary N) is 1. The van der Waals surface area contributed by atoms with E-state index in [-0.39, 0.29) is 17.4 Å². The molecule has 3 N–H and O–H groups in total. The lowest BCUT2D eigenvalue weighted by Gasteiger charge is -2.02. The number of phenolic OH excluding ortho intramolecular Hbond substituents is 1. The molecule has 0 spiro atoms. The largest absolute Gasteiger partial charge is 0.506 e. The van der Waals surface area contributed by atoms with Crippen LogP contribution in [-0.4, -0.2) is 28.9 Å². The maximum absolute atomic E-state index is 11.9. The summed E-state index contributed by atoms with van der Waals surface area (Å²) in [6.07, 6.45) is 1.92. The fourth-order valence-electron chi connectivity index (χ4n) is 1.80. The summed E-state index contributed by atoms with van der Waals surface area (Å²) in [6, 6.07) is 11.5. The molecule has 0 atom stereocenters. The standard InChI is InChI=1S/C18H15ClN2O3/c19-16-11-15(7-8-17(16)23)18(24)21-20-12-14-6-3-5-13(10-14)4-1-2-9-22/h3,5-8,10-12,22-23H,2,9H2,(H,21,24). The maximum atomic E-state index is 11.9. The summed E-state index contributed by atoms with van der Waals surface area (Å²) < 4.78 is 0. The van der Waals surface area contributed by atoms with E-state index in [9.17, 15) is 9.90 Å². The number of carbonyl (C=O) groups is 1. The van der Waals surface area contributed by atoms with Gasteiger partial charge < -0.3 is 10.2 Å². The molecule has 0 saturated carbocycles. The highest BCUT2D eigenvalue weighted by atomic mass is 35.5. The van der Waals surface area contributed by atoms with Crippen LogP contribution in [0.25, 0.3) is 0 Å². The number of aliphatic hydroxyl groups excluding tert-OH is 1. The summed E-state index contributed by atoms with van der Waals surface area (Å²) in [5.41, 5.74) is 4.25. The number of phenols is 1. The van der Waals surface area contributed by atoms with Crippen LogP contribution in [0.2, 0.25) is 5.02 Å². The average molecular weight is 343 g/mol. The molecule has 0 aromatic heterocycles. The van der Waals surface area contributed by atoms with Crippen LogP contribution in [0.5, 0.6) is 5.75 Å². The number of hydrogen-bond acceptors (Lipinski definition) is 4. The molecule has 6 heteroatoms. The molecule has 0 fully saturated rings. The van der Waals surface area contributed by atoms with Crippen LogP contribution in [0.1, 0.15) is 27.9 Å². The van der Waals surface area contributed by atoms with E-state index in [1.165, 1.54) is 24.4 Å². The highest BCUT2D eigenvalue weighted by molar-refractivity contribution is 6.32. The molecule has 1 amide bonds. The first-order chi connectivity index (χ1) is 11.6. The third-order valence-corrected chi connectivity index (χ3v) is 3.25. The van der Waals surface area contributed by atoms with Gasteiger partial charge >= 0.3 is 0 Å². The Balaban J connectivity index is 2.01. The molecule has 5 nitrogen and oxygen atoms in total. The highest BCUT2D eigenvalue weighted by Gasteiger charge is 2.07. The number of nitrogens with zero attached hydrogens (tertiary/aromatic N) is 1. The summed E-state index contributed by atoms with van der Waals surface area (Å²) in [4.78, 5) is 11.9. The van der Waals surface area contributed by atoms with Crippen molar-refractivity contribution in [3.63, 3.8) is 0 Å². The first-order valence-electron chi connectivity index (χ1n) is 7.12. The molecule has 0 unspecified atom stereocenters. The van der Waals surface area contributed by atoms with Crippen molar-refractivity contribution in [2.75, 3.05) is 6.61 Å². The van der Waals surface area contributed by atoms with Gasteiger partial charge in [0.15, 0.2) is 0 Å². The molecule has 0 saturated heterocycles. The predicted molar refractivity (Wildman–Crippen MR) is 93.2 cm³/mol. The number of hydrogen-bond donors (Lipinski definition) is 3. The molecule has 122 valence electrons. The third kappa shape index (κ3) is 5.13. The average Bonchev–Trinajstić information content (AvgIpc) is 2.58. The van der Waals surface area contributed by atoms with Crippen molar-refractivity contribution < 1.29 is 15.0 Å². The Morgan fingerprint density at radius 2 is 2.12 bits per heavy atom. The SMILES string of the molecule is O=C(NN=Cc1cccc(C#CCCO)c1)c1ccc(O)c(Cl)c1. The molecule has 2 aromatic carbocycles. The van der Waals surface area contributed by atoms with E-state index in [1.54, 1.807) is 0 Å². The number of aromatic hydroxyl groups is 1. The van der Waals surface area contributed by atoms with Crippen molar-refractivity contribution in [3.8, 4) is 17.6 Å². The molecule has 2 rings (SSSR count). The van der Waals surface area contributed by atoms with E-state index in [1.807, 2.05) is 24.3 Å². The number of aliphatic hydroxyl groups is 1. The molecular weight excluding hydrogens is 328 g/mol. The van der Waals surface area contributed by atoms with E-state index in [0.717, 1.165) is 11.1 Å². The zero-order chi connectivity index (χ0) is 17.4. The van der Waals surface area contributed by atoms with E-state index in [2.05, 4.69) is 22.4 Å². The van der Waals surface area contributed by atoms with Gasteiger partial charge in [0.05, 0.1) is 17.8 Å². The van der Waals surface area contributed by atoms with Gasteiger partial charge in [-0.25, -0.2) is 5.43 Å². The fourth-order valence-corrected chi connectivity index (χ4v) is 1.98. The van der Waals surface area contributed by atoms with Gasteiger partial charge in [0.25, 0.3) is 5.91 Å². The van der Waals surface area contributed by atoms with Crippen LogP contribution in [0.15, 0.2) is 47.6 Å². The minimum atomic E-state index is -0.438. The Morgan fingerprint density at radius 1 is 1.29 bits per heavy atom. The third-order valence-electron chi connectivity index (χ3n) is 2.95. The molecular formula is C18H15ClN2O3. The summed E-state index contributed by atoms with van der Waals surface area (Å²) in [5.74, 6) is 5.24. The highest BCUT2D eigenvalue weighted by Crippen LogP contribution is 2.23. The predicted octanol–water partition coefficient (Wildman–Crippen LogP) is 2.54.